The summed E-state index contributed by atoms with van der Waals surface area (Å²) in [4.78, 5) is 35.1. The van der Waals surface area contributed by atoms with Crippen LogP contribution < -0.4 is 10.4 Å². The fraction of sp³-hybridized carbons (Fsp3) is 0.235. The number of aldehydes is 1. The van der Waals surface area contributed by atoms with Crippen molar-refractivity contribution in [3.05, 3.63) is 63.2 Å². The van der Waals surface area contributed by atoms with Gasteiger partial charge in [-0.15, -0.1) is 0 Å². The maximum absolute atomic E-state index is 12.2. The molecule has 1 aromatic carbocycles. The Morgan fingerprint density at radius 1 is 1.27 bits per heavy atom. The van der Waals surface area contributed by atoms with Crippen molar-refractivity contribution in [2.75, 3.05) is 0 Å². The molecule has 114 valence electrons. The Balaban J connectivity index is 2.49. The van der Waals surface area contributed by atoms with Crippen molar-refractivity contribution in [3.8, 4) is 5.75 Å². The van der Waals surface area contributed by atoms with Gasteiger partial charge >= 0.3 is 11.6 Å². The average molecular weight is 300 g/mol. The molecule has 0 aliphatic heterocycles. The van der Waals surface area contributed by atoms with Crippen LogP contribution in [0.5, 0.6) is 5.75 Å². The molecule has 0 saturated heterocycles. The minimum Gasteiger partial charge on any atom is -0.422 e. The molecule has 5 nitrogen and oxygen atoms in total. The third-order valence-corrected chi connectivity index (χ3v) is 3.23. The number of carbonyl (C=O) groups excluding carboxylic acids is 2. The first kappa shape index (κ1) is 15.7. The topological polar surface area (TPSA) is 73.6 Å². The molecule has 0 bridgehead atoms. The number of benzene rings is 1. The zero-order valence-corrected chi connectivity index (χ0v) is 12.4. The Morgan fingerprint density at radius 3 is 2.55 bits per heavy atom. The first-order chi connectivity index (χ1) is 10.6. The Morgan fingerprint density at radius 2 is 1.95 bits per heavy atom. The molecule has 0 N–H and O–H groups in total. The van der Waals surface area contributed by atoms with Crippen LogP contribution >= 0.6 is 0 Å². The first-order valence-electron chi connectivity index (χ1n) is 6.97. The van der Waals surface area contributed by atoms with Gasteiger partial charge in [0, 0.05) is 5.56 Å². The van der Waals surface area contributed by atoms with E-state index in [2.05, 4.69) is 0 Å². The van der Waals surface area contributed by atoms with Gasteiger partial charge in [-0.1, -0.05) is 31.5 Å². The van der Waals surface area contributed by atoms with E-state index in [0.29, 0.717) is 30.3 Å². The number of hydrogen-bond acceptors (Lipinski definition) is 5. The van der Waals surface area contributed by atoms with Crippen LogP contribution in [-0.2, 0) is 6.42 Å². The van der Waals surface area contributed by atoms with Crippen molar-refractivity contribution in [2.24, 2.45) is 0 Å². The van der Waals surface area contributed by atoms with Crippen molar-refractivity contribution in [2.45, 2.75) is 26.7 Å². The summed E-state index contributed by atoms with van der Waals surface area (Å²) >= 11 is 0. The number of rotatable bonds is 5. The number of esters is 1. The molecule has 0 radical (unpaired) electrons. The Hall–Kier alpha value is -2.69. The molecule has 1 heterocycles. The monoisotopic (exact) mass is 300 g/mol. The van der Waals surface area contributed by atoms with Gasteiger partial charge in [-0.05, 0) is 25.5 Å². The predicted molar refractivity (Wildman–Crippen MR) is 80.5 cm³/mol. The molecule has 0 aliphatic carbocycles. The molecule has 2 rings (SSSR count). The highest BCUT2D eigenvalue weighted by Crippen LogP contribution is 2.26. The summed E-state index contributed by atoms with van der Waals surface area (Å²) in [5, 5.41) is 0. The molecule has 22 heavy (non-hydrogen) atoms. The first-order valence-corrected chi connectivity index (χ1v) is 6.97. The van der Waals surface area contributed by atoms with Gasteiger partial charge in [-0.3, -0.25) is 4.79 Å². The van der Waals surface area contributed by atoms with Crippen LogP contribution in [0.15, 0.2) is 39.5 Å². The van der Waals surface area contributed by atoms with Crippen LogP contribution in [0.4, 0.5) is 0 Å². The van der Waals surface area contributed by atoms with E-state index in [0.717, 1.165) is 0 Å². The number of carbonyl (C=O) groups is 2. The zero-order chi connectivity index (χ0) is 16.1. The quantitative estimate of drug-likeness (QED) is 0.627. The lowest BCUT2D eigenvalue weighted by Gasteiger charge is -2.12. The maximum Gasteiger partial charge on any atom is 0.343 e. The van der Waals surface area contributed by atoms with Crippen LogP contribution in [0.3, 0.4) is 0 Å². The molecule has 0 spiro atoms. The fourth-order valence-corrected chi connectivity index (χ4v) is 2.11. The van der Waals surface area contributed by atoms with Crippen molar-refractivity contribution in [1.29, 1.82) is 0 Å². The van der Waals surface area contributed by atoms with E-state index < -0.39 is 11.6 Å². The van der Waals surface area contributed by atoms with Gasteiger partial charge in [-0.2, -0.15) is 0 Å². The average Bonchev–Trinajstić information content (AvgIpc) is 2.54. The summed E-state index contributed by atoms with van der Waals surface area (Å²) in [7, 11) is 0. The summed E-state index contributed by atoms with van der Waals surface area (Å²) in [5.41, 5.74) is 0.306. The Labute approximate surface area is 127 Å². The Kier molecular flexibility index (Phi) is 4.88. The van der Waals surface area contributed by atoms with Gasteiger partial charge in [-0.25, -0.2) is 9.59 Å². The summed E-state index contributed by atoms with van der Waals surface area (Å²) in [6.45, 7) is 3.42. The van der Waals surface area contributed by atoms with Crippen molar-refractivity contribution >= 4 is 12.3 Å². The SMILES string of the molecule is CCCc1c(C=O)oc(=O)c(C)c1OC(=O)c1ccccc1. The summed E-state index contributed by atoms with van der Waals surface area (Å²) in [6.07, 6.45) is 1.64. The molecule has 0 unspecified atom stereocenters. The normalized spacial score (nSPS) is 10.3. The lowest BCUT2D eigenvalue weighted by atomic mass is 10.1. The van der Waals surface area contributed by atoms with E-state index >= 15 is 0 Å². The smallest absolute Gasteiger partial charge is 0.343 e. The van der Waals surface area contributed by atoms with E-state index in [1.54, 1.807) is 30.3 Å². The van der Waals surface area contributed by atoms with Gasteiger partial charge in [0.15, 0.2) is 12.0 Å². The molecule has 0 amide bonds. The van der Waals surface area contributed by atoms with E-state index in [-0.39, 0.29) is 17.1 Å². The molecule has 2 aromatic rings. The van der Waals surface area contributed by atoms with Gasteiger partial charge in [0.2, 0.25) is 0 Å². The second-order valence-corrected chi connectivity index (χ2v) is 4.81. The molecule has 5 heteroatoms. The molecular weight excluding hydrogens is 284 g/mol. The van der Waals surface area contributed by atoms with E-state index in [1.807, 2.05) is 6.92 Å². The fourth-order valence-electron chi connectivity index (χ4n) is 2.11. The van der Waals surface area contributed by atoms with Crippen LogP contribution in [0.25, 0.3) is 0 Å². The van der Waals surface area contributed by atoms with Gasteiger partial charge < -0.3 is 9.15 Å². The second kappa shape index (κ2) is 6.85. The Bertz CT molecular complexity index is 744. The van der Waals surface area contributed by atoms with Crippen molar-refractivity contribution in [3.63, 3.8) is 0 Å². The van der Waals surface area contributed by atoms with Crippen LogP contribution in [0, 0.1) is 6.92 Å². The largest absolute Gasteiger partial charge is 0.422 e. The maximum atomic E-state index is 12.2. The van der Waals surface area contributed by atoms with E-state index in [9.17, 15) is 14.4 Å². The molecule has 0 saturated carbocycles. The van der Waals surface area contributed by atoms with Gasteiger partial charge in [0.05, 0.1) is 11.1 Å². The van der Waals surface area contributed by atoms with Crippen LogP contribution in [0.1, 0.15) is 45.4 Å². The third kappa shape index (κ3) is 3.14. The third-order valence-electron chi connectivity index (χ3n) is 3.23. The van der Waals surface area contributed by atoms with Crippen molar-refractivity contribution in [1.82, 2.24) is 0 Å². The van der Waals surface area contributed by atoms with Crippen LogP contribution in [-0.4, -0.2) is 12.3 Å². The standard InChI is InChI=1S/C17H16O5/c1-3-7-13-14(10-18)21-16(19)11(2)15(13)22-17(20)12-8-5-4-6-9-12/h4-6,8-10H,3,7H2,1-2H3. The number of hydrogen-bond donors (Lipinski definition) is 0. The van der Waals surface area contributed by atoms with E-state index in [4.69, 9.17) is 9.15 Å². The lowest BCUT2D eigenvalue weighted by molar-refractivity contribution is 0.0729. The highest BCUT2D eigenvalue weighted by Gasteiger charge is 2.20. The van der Waals surface area contributed by atoms with E-state index in [1.165, 1.54) is 6.92 Å². The zero-order valence-electron chi connectivity index (χ0n) is 12.4. The molecule has 1 aromatic heterocycles. The minimum atomic E-state index is -0.683. The van der Waals surface area contributed by atoms with Crippen LogP contribution in [0.2, 0.25) is 0 Å². The summed E-state index contributed by atoms with van der Waals surface area (Å²) in [5.74, 6) is -0.550. The number of ether oxygens (including phenoxy) is 1. The van der Waals surface area contributed by atoms with Gasteiger partial charge in [0.25, 0.3) is 0 Å². The highest BCUT2D eigenvalue weighted by molar-refractivity contribution is 5.91. The summed E-state index contributed by atoms with van der Waals surface area (Å²) in [6, 6.07) is 8.44. The molecule has 0 atom stereocenters. The second-order valence-electron chi connectivity index (χ2n) is 4.81. The highest BCUT2D eigenvalue weighted by atomic mass is 16.5. The lowest BCUT2D eigenvalue weighted by Crippen LogP contribution is -2.17. The minimum absolute atomic E-state index is 0.0895. The summed E-state index contributed by atoms with van der Waals surface area (Å²) < 4.78 is 10.3. The molecule has 0 fully saturated rings. The molecule has 0 aliphatic rings. The van der Waals surface area contributed by atoms with Crippen molar-refractivity contribution < 1.29 is 18.7 Å². The predicted octanol–water partition coefficient (Wildman–Crippen LogP) is 2.93. The van der Waals surface area contributed by atoms with Gasteiger partial charge in [0.1, 0.15) is 5.75 Å². The molecular formula is C17H16O5.